The summed E-state index contributed by atoms with van der Waals surface area (Å²) in [6, 6.07) is 0. The zero-order chi connectivity index (χ0) is 40.1. The van der Waals surface area contributed by atoms with E-state index in [1.54, 1.807) is 0 Å². The van der Waals surface area contributed by atoms with Gasteiger partial charge in [-0.2, -0.15) is 0 Å². The molecule has 0 aromatic rings. The maximum absolute atomic E-state index is 12.7. The van der Waals surface area contributed by atoms with E-state index in [4.69, 9.17) is 14.2 Å². The van der Waals surface area contributed by atoms with Gasteiger partial charge < -0.3 is 14.2 Å². The van der Waals surface area contributed by atoms with Crippen LogP contribution in [0.25, 0.3) is 0 Å². The van der Waals surface area contributed by atoms with E-state index in [0.29, 0.717) is 19.3 Å². The molecule has 0 heterocycles. The molecule has 6 heteroatoms. The van der Waals surface area contributed by atoms with Crippen molar-refractivity contribution in [3.63, 3.8) is 0 Å². The van der Waals surface area contributed by atoms with Crippen LogP contribution in [0.2, 0.25) is 0 Å². The Balaban J connectivity index is 4.34. The van der Waals surface area contributed by atoms with Crippen molar-refractivity contribution in [3.8, 4) is 0 Å². The van der Waals surface area contributed by atoms with Gasteiger partial charge >= 0.3 is 17.9 Å². The van der Waals surface area contributed by atoms with E-state index < -0.39 is 6.10 Å². The van der Waals surface area contributed by atoms with Gasteiger partial charge in [0.1, 0.15) is 13.2 Å². The van der Waals surface area contributed by atoms with E-state index in [-0.39, 0.29) is 31.1 Å². The van der Waals surface area contributed by atoms with Crippen LogP contribution in [0.5, 0.6) is 0 Å². The predicted molar refractivity (Wildman–Crippen MR) is 233 cm³/mol. The predicted octanol–water partition coefficient (Wildman–Crippen LogP) is 15.2. The normalized spacial score (nSPS) is 12.1. The van der Waals surface area contributed by atoms with Crippen molar-refractivity contribution in [2.75, 3.05) is 13.2 Å². The Morgan fingerprint density at radius 3 is 1.05 bits per heavy atom. The van der Waals surface area contributed by atoms with Crippen molar-refractivity contribution in [2.45, 2.75) is 258 Å². The van der Waals surface area contributed by atoms with Crippen LogP contribution in [0.3, 0.4) is 0 Å². The molecule has 0 radical (unpaired) electrons. The van der Waals surface area contributed by atoms with Crippen LogP contribution in [-0.4, -0.2) is 37.2 Å². The Hall–Kier alpha value is -2.11. The molecule has 0 fully saturated rings. The van der Waals surface area contributed by atoms with Gasteiger partial charge in [-0.1, -0.05) is 212 Å². The molecule has 0 rings (SSSR count). The minimum absolute atomic E-state index is 0.0718. The fourth-order valence-corrected chi connectivity index (χ4v) is 6.81. The van der Waals surface area contributed by atoms with E-state index in [0.717, 1.165) is 77.0 Å². The van der Waals surface area contributed by atoms with Crippen molar-refractivity contribution in [2.24, 2.45) is 0 Å². The van der Waals surface area contributed by atoms with Crippen LogP contribution >= 0.6 is 0 Å². The molecule has 0 N–H and O–H groups in total. The average molecular weight is 775 g/mol. The monoisotopic (exact) mass is 775 g/mol. The van der Waals surface area contributed by atoms with Gasteiger partial charge in [-0.25, -0.2) is 0 Å². The number of esters is 3. The summed E-state index contributed by atoms with van der Waals surface area (Å²) < 4.78 is 16.7. The zero-order valence-corrected chi connectivity index (χ0v) is 36.7. The standard InChI is InChI=1S/C49H90O6/c1-4-7-10-13-16-19-21-23-25-27-30-33-36-39-42-48(51)54-45-46(44-53-47(50)41-38-35-32-29-18-15-12-9-6-3)55-49(52)43-40-37-34-31-28-26-24-22-20-17-14-11-8-5-2/h13,16,21,23,46H,4-12,14-15,17-20,22,24-45H2,1-3H3/b16-13-,23-21-/t46-/m1/s1. The number of carbonyl (C=O) groups excluding carboxylic acids is 3. The lowest BCUT2D eigenvalue weighted by atomic mass is 10.0. The fraction of sp³-hybridized carbons (Fsp3) is 0.857. The highest BCUT2D eigenvalue weighted by Crippen LogP contribution is 2.15. The lowest BCUT2D eigenvalue weighted by Gasteiger charge is -2.18. The Morgan fingerprint density at radius 2 is 0.673 bits per heavy atom. The quantitative estimate of drug-likeness (QED) is 0.0266. The molecule has 0 aliphatic carbocycles. The first-order valence-corrected chi connectivity index (χ1v) is 23.8. The zero-order valence-electron chi connectivity index (χ0n) is 36.7. The summed E-state index contributed by atoms with van der Waals surface area (Å²) in [5, 5.41) is 0. The molecule has 0 aliphatic rings. The molecule has 0 spiro atoms. The Kier molecular flexibility index (Phi) is 42.9. The molecule has 0 saturated heterocycles. The van der Waals surface area contributed by atoms with E-state index in [1.165, 1.54) is 135 Å². The van der Waals surface area contributed by atoms with Gasteiger partial charge in [-0.05, 0) is 44.9 Å². The second-order valence-electron chi connectivity index (χ2n) is 16.0. The molecule has 0 saturated carbocycles. The van der Waals surface area contributed by atoms with Crippen LogP contribution in [-0.2, 0) is 28.6 Å². The first kappa shape index (κ1) is 52.9. The van der Waals surface area contributed by atoms with Crippen LogP contribution < -0.4 is 0 Å². The summed E-state index contributed by atoms with van der Waals surface area (Å²) in [5.74, 6) is -0.880. The van der Waals surface area contributed by atoms with E-state index in [2.05, 4.69) is 45.1 Å². The average Bonchev–Trinajstić information content (AvgIpc) is 3.18. The van der Waals surface area contributed by atoms with Gasteiger partial charge in [0, 0.05) is 19.3 Å². The first-order valence-electron chi connectivity index (χ1n) is 23.8. The molecule has 0 amide bonds. The molecule has 0 aromatic heterocycles. The largest absolute Gasteiger partial charge is 0.462 e. The Labute approximate surface area is 341 Å². The van der Waals surface area contributed by atoms with E-state index in [9.17, 15) is 14.4 Å². The fourth-order valence-electron chi connectivity index (χ4n) is 6.81. The number of hydrogen-bond acceptors (Lipinski definition) is 6. The van der Waals surface area contributed by atoms with Crippen LogP contribution in [0, 0.1) is 0 Å². The summed E-state index contributed by atoms with van der Waals surface area (Å²) in [5.41, 5.74) is 0. The summed E-state index contributed by atoms with van der Waals surface area (Å²) in [6.07, 6.45) is 48.7. The highest BCUT2D eigenvalue weighted by atomic mass is 16.6. The summed E-state index contributed by atoms with van der Waals surface area (Å²) >= 11 is 0. The van der Waals surface area contributed by atoms with Crippen LogP contribution in [0.15, 0.2) is 24.3 Å². The molecule has 0 bridgehead atoms. The summed E-state index contributed by atoms with van der Waals surface area (Å²) in [4.78, 5) is 37.7. The molecule has 0 aliphatic heterocycles. The maximum atomic E-state index is 12.7. The Bertz CT molecular complexity index is 896. The van der Waals surface area contributed by atoms with Crippen molar-refractivity contribution in [3.05, 3.63) is 24.3 Å². The van der Waals surface area contributed by atoms with E-state index in [1.807, 2.05) is 0 Å². The SMILES string of the molecule is CCCC/C=C\C/C=C\CCCCCCCC(=O)OC[C@@H](COC(=O)CCCCCCCCCCC)OC(=O)CCCCCCCCCCCCCCCC. The van der Waals surface area contributed by atoms with Gasteiger partial charge in [0.15, 0.2) is 6.10 Å². The lowest BCUT2D eigenvalue weighted by molar-refractivity contribution is -0.167. The topological polar surface area (TPSA) is 78.9 Å². The molecule has 0 aromatic carbocycles. The number of carbonyl (C=O) groups is 3. The molecule has 6 nitrogen and oxygen atoms in total. The maximum Gasteiger partial charge on any atom is 0.306 e. The van der Waals surface area contributed by atoms with Crippen molar-refractivity contribution in [1.82, 2.24) is 0 Å². The third kappa shape index (κ3) is 42.9. The van der Waals surface area contributed by atoms with Crippen molar-refractivity contribution in [1.29, 1.82) is 0 Å². The summed E-state index contributed by atoms with van der Waals surface area (Å²) in [7, 11) is 0. The molecule has 1 atom stereocenters. The molecule has 0 unspecified atom stereocenters. The minimum Gasteiger partial charge on any atom is -0.462 e. The number of rotatable bonds is 43. The molecule has 55 heavy (non-hydrogen) atoms. The van der Waals surface area contributed by atoms with Gasteiger partial charge in [-0.3, -0.25) is 14.4 Å². The van der Waals surface area contributed by atoms with E-state index >= 15 is 0 Å². The minimum atomic E-state index is -0.768. The van der Waals surface area contributed by atoms with Crippen molar-refractivity contribution < 1.29 is 28.6 Å². The molecular formula is C49H90O6. The van der Waals surface area contributed by atoms with Gasteiger partial charge in [0.2, 0.25) is 0 Å². The van der Waals surface area contributed by atoms with Gasteiger partial charge in [0.25, 0.3) is 0 Å². The van der Waals surface area contributed by atoms with Gasteiger partial charge in [-0.15, -0.1) is 0 Å². The van der Waals surface area contributed by atoms with Crippen molar-refractivity contribution >= 4 is 17.9 Å². The molecular weight excluding hydrogens is 685 g/mol. The second kappa shape index (κ2) is 44.6. The number of allylic oxidation sites excluding steroid dienone is 4. The highest BCUT2D eigenvalue weighted by Gasteiger charge is 2.19. The second-order valence-corrected chi connectivity index (χ2v) is 16.0. The third-order valence-corrected chi connectivity index (χ3v) is 10.5. The number of hydrogen-bond donors (Lipinski definition) is 0. The first-order chi connectivity index (χ1) is 27.0. The third-order valence-electron chi connectivity index (χ3n) is 10.5. The highest BCUT2D eigenvalue weighted by molar-refractivity contribution is 5.71. The lowest BCUT2D eigenvalue weighted by Crippen LogP contribution is -2.30. The number of unbranched alkanes of at least 4 members (excludes halogenated alkanes) is 28. The summed E-state index contributed by atoms with van der Waals surface area (Å²) in [6.45, 7) is 6.58. The van der Waals surface area contributed by atoms with Gasteiger partial charge in [0.05, 0.1) is 0 Å². The Morgan fingerprint density at radius 1 is 0.364 bits per heavy atom. The smallest absolute Gasteiger partial charge is 0.306 e. The van der Waals surface area contributed by atoms with Crippen LogP contribution in [0.4, 0.5) is 0 Å². The molecule has 322 valence electrons. The number of ether oxygens (including phenoxy) is 3. The van der Waals surface area contributed by atoms with Crippen LogP contribution in [0.1, 0.15) is 252 Å².